The van der Waals surface area contributed by atoms with Crippen LogP contribution in [-0.4, -0.2) is 17.6 Å². The van der Waals surface area contributed by atoms with Gasteiger partial charge < -0.3 is 10.4 Å². The van der Waals surface area contributed by atoms with E-state index in [1.807, 2.05) is 42.5 Å². The number of aliphatic hydroxyl groups excluding tert-OH is 1. The summed E-state index contributed by atoms with van der Waals surface area (Å²) >= 11 is 0. The molecule has 0 spiro atoms. The Labute approximate surface area is 112 Å². The second kappa shape index (κ2) is 6.71. The number of carbonyl (C=O) groups is 1. The average Bonchev–Trinajstić information content (AvgIpc) is 2.46. The van der Waals surface area contributed by atoms with Crippen molar-refractivity contribution in [2.45, 2.75) is 12.8 Å². The number of aryl methyl sites for hydroxylation is 1. The number of benzene rings is 2. The quantitative estimate of drug-likeness (QED) is 0.863. The van der Waals surface area contributed by atoms with E-state index in [2.05, 4.69) is 5.32 Å². The molecular formula is C16H17NO2. The van der Waals surface area contributed by atoms with Crippen molar-refractivity contribution < 1.29 is 9.90 Å². The van der Waals surface area contributed by atoms with E-state index in [4.69, 9.17) is 5.11 Å². The monoisotopic (exact) mass is 255 g/mol. The molecule has 0 atom stereocenters. The fourth-order valence-electron chi connectivity index (χ4n) is 1.88. The van der Waals surface area contributed by atoms with E-state index >= 15 is 0 Å². The van der Waals surface area contributed by atoms with Crippen molar-refractivity contribution in [1.29, 1.82) is 0 Å². The van der Waals surface area contributed by atoms with Crippen LogP contribution in [0.5, 0.6) is 0 Å². The van der Waals surface area contributed by atoms with Gasteiger partial charge in [-0.2, -0.15) is 0 Å². The first-order valence-electron chi connectivity index (χ1n) is 6.36. The van der Waals surface area contributed by atoms with Crippen molar-refractivity contribution in [2.75, 3.05) is 11.9 Å². The molecule has 1 amide bonds. The van der Waals surface area contributed by atoms with Gasteiger partial charge in [0.1, 0.15) is 0 Å². The minimum absolute atomic E-state index is 0.111. The van der Waals surface area contributed by atoms with E-state index in [0.29, 0.717) is 5.56 Å². The summed E-state index contributed by atoms with van der Waals surface area (Å²) in [6.45, 7) is 0.181. The molecule has 0 saturated carbocycles. The standard InChI is InChI=1S/C16H17NO2/c18-11-5-7-13-6-4-10-15(12-13)17-16(19)14-8-2-1-3-9-14/h1-4,6,8-10,12,18H,5,7,11H2,(H,17,19). The van der Waals surface area contributed by atoms with Gasteiger partial charge in [0.05, 0.1) is 0 Å². The molecule has 0 aliphatic carbocycles. The van der Waals surface area contributed by atoms with Crippen molar-refractivity contribution in [3.8, 4) is 0 Å². The lowest BCUT2D eigenvalue weighted by molar-refractivity contribution is 0.102. The molecule has 19 heavy (non-hydrogen) atoms. The number of rotatable bonds is 5. The Balaban J connectivity index is 2.05. The molecule has 0 fully saturated rings. The van der Waals surface area contributed by atoms with Gasteiger partial charge in [-0.15, -0.1) is 0 Å². The third-order valence-electron chi connectivity index (χ3n) is 2.84. The molecule has 98 valence electrons. The Bertz CT molecular complexity index is 537. The summed E-state index contributed by atoms with van der Waals surface area (Å²) in [6, 6.07) is 16.8. The van der Waals surface area contributed by atoms with Gasteiger partial charge in [0.15, 0.2) is 0 Å². The number of hydrogen-bond donors (Lipinski definition) is 2. The normalized spacial score (nSPS) is 10.2. The second-order valence-corrected chi connectivity index (χ2v) is 4.35. The summed E-state index contributed by atoms with van der Waals surface area (Å²) in [7, 11) is 0. The molecule has 2 rings (SSSR count). The highest BCUT2D eigenvalue weighted by atomic mass is 16.2. The summed E-state index contributed by atoms with van der Waals surface area (Å²) in [4.78, 5) is 12.0. The van der Waals surface area contributed by atoms with Gasteiger partial charge in [0.25, 0.3) is 5.91 Å². The topological polar surface area (TPSA) is 49.3 Å². The van der Waals surface area contributed by atoms with Crippen molar-refractivity contribution in [3.05, 3.63) is 65.7 Å². The predicted molar refractivity (Wildman–Crippen MR) is 76.2 cm³/mol. The molecule has 2 N–H and O–H groups in total. The highest BCUT2D eigenvalue weighted by Crippen LogP contribution is 2.13. The van der Waals surface area contributed by atoms with Crippen molar-refractivity contribution in [3.63, 3.8) is 0 Å². The molecule has 0 aromatic heterocycles. The number of carbonyl (C=O) groups excluding carboxylic acids is 1. The molecule has 0 aliphatic rings. The first kappa shape index (κ1) is 13.3. The Kier molecular flexibility index (Phi) is 4.70. The number of amides is 1. The van der Waals surface area contributed by atoms with E-state index in [0.717, 1.165) is 24.1 Å². The largest absolute Gasteiger partial charge is 0.396 e. The van der Waals surface area contributed by atoms with Gasteiger partial charge in [0, 0.05) is 17.9 Å². The molecule has 0 unspecified atom stereocenters. The van der Waals surface area contributed by atoms with Gasteiger partial charge in [-0.25, -0.2) is 0 Å². The van der Waals surface area contributed by atoms with E-state index in [-0.39, 0.29) is 12.5 Å². The van der Waals surface area contributed by atoms with Gasteiger partial charge in [0.2, 0.25) is 0 Å². The molecule has 2 aromatic carbocycles. The third-order valence-corrected chi connectivity index (χ3v) is 2.84. The van der Waals surface area contributed by atoms with Crippen LogP contribution in [0, 0.1) is 0 Å². The highest BCUT2D eigenvalue weighted by molar-refractivity contribution is 6.04. The molecule has 2 aromatic rings. The molecule has 0 radical (unpaired) electrons. The van der Waals surface area contributed by atoms with Crippen LogP contribution in [-0.2, 0) is 6.42 Å². The minimum Gasteiger partial charge on any atom is -0.396 e. The summed E-state index contributed by atoms with van der Waals surface area (Å²) in [5, 5.41) is 11.7. The van der Waals surface area contributed by atoms with Gasteiger partial charge in [-0.05, 0) is 42.7 Å². The molecule has 0 saturated heterocycles. The predicted octanol–water partition coefficient (Wildman–Crippen LogP) is 2.86. The zero-order valence-electron chi connectivity index (χ0n) is 10.7. The SMILES string of the molecule is O=C(Nc1cccc(CCCO)c1)c1ccccc1. The van der Waals surface area contributed by atoms with Crippen molar-refractivity contribution in [1.82, 2.24) is 0 Å². The van der Waals surface area contributed by atoms with E-state index in [1.165, 1.54) is 0 Å². The molecular weight excluding hydrogens is 238 g/mol. The van der Waals surface area contributed by atoms with Gasteiger partial charge >= 0.3 is 0 Å². The fourth-order valence-corrected chi connectivity index (χ4v) is 1.88. The van der Waals surface area contributed by atoms with Crippen LogP contribution >= 0.6 is 0 Å². The summed E-state index contributed by atoms with van der Waals surface area (Å²) in [5.74, 6) is -0.111. The molecule has 3 nitrogen and oxygen atoms in total. The Morgan fingerprint density at radius 2 is 1.84 bits per heavy atom. The number of anilines is 1. The second-order valence-electron chi connectivity index (χ2n) is 4.35. The first-order valence-corrected chi connectivity index (χ1v) is 6.36. The lowest BCUT2D eigenvalue weighted by Gasteiger charge is -2.07. The highest BCUT2D eigenvalue weighted by Gasteiger charge is 2.05. The maximum Gasteiger partial charge on any atom is 0.255 e. The zero-order chi connectivity index (χ0) is 13.5. The van der Waals surface area contributed by atoms with Gasteiger partial charge in [-0.3, -0.25) is 4.79 Å². The number of nitrogens with one attached hydrogen (secondary N) is 1. The number of aliphatic hydroxyl groups is 1. The van der Waals surface area contributed by atoms with E-state index < -0.39 is 0 Å². The minimum atomic E-state index is -0.111. The first-order chi connectivity index (χ1) is 9.29. The smallest absolute Gasteiger partial charge is 0.255 e. The van der Waals surface area contributed by atoms with Crippen LogP contribution in [0.3, 0.4) is 0 Å². The summed E-state index contributed by atoms with van der Waals surface area (Å²) in [5.41, 5.74) is 2.53. The maximum absolute atomic E-state index is 12.0. The molecule has 0 heterocycles. The molecule has 0 bridgehead atoms. The summed E-state index contributed by atoms with van der Waals surface area (Å²) in [6.07, 6.45) is 1.54. The van der Waals surface area contributed by atoms with E-state index in [1.54, 1.807) is 12.1 Å². The van der Waals surface area contributed by atoms with Crippen LogP contribution in [0.4, 0.5) is 5.69 Å². The summed E-state index contributed by atoms with van der Waals surface area (Å²) < 4.78 is 0. The maximum atomic E-state index is 12.0. The van der Waals surface area contributed by atoms with Crippen LogP contribution in [0.2, 0.25) is 0 Å². The van der Waals surface area contributed by atoms with Crippen molar-refractivity contribution >= 4 is 11.6 Å². The number of hydrogen-bond acceptors (Lipinski definition) is 2. The zero-order valence-corrected chi connectivity index (χ0v) is 10.7. The molecule has 0 aliphatic heterocycles. The van der Waals surface area contributed by atoms with Crippen LogP contribution in [0.1, 0.15) is 22.3 Å². The lowest BCUT2D eigenvalue weighted by Crippen LogP contribution is -2.11. The fraction of sp³-hybridized carbons (Fsp3) is 0.188. The van der Waals surface area contributed by atoms with Gasteiger partial charge in [-0.1, -0.05) is 30.3 Å². The van der Waals surface area contributed by atoms with Crippen molar-refractivity contribution in [2.24, 2.45) is 0 Å². The van der Waals surface area contributed by atoms with Crippen LogP contribution < -0.4 is 5.32 Å². The Hall–Kier alpha value is -2.13. The van der Waals surface area contributed by atoms with Crippen LogP contribution in [0.25, 0.3) is 0 Å². The molecule has 3 heteroatoms. The lowest BCUT2D eigenvalue weighted by atomic mass is 10.1. The Morgan fingerprint density at radius 3 is 2.58 bits per heavy atom. The Morgan fingerprint density at radius 1 is 1.05 bits per heavy atom. The average molecular weight is 255 g/mol. The van der Waals surface area contributed by atoms with E-state index in [9.17, 15) is 4.79 Å². The third kappa shape index (κ3) is 3.93. The van der Waals surface area contributed by atoms with Crippen LogP contribution in [0.15, 0.2) is 54.6 Å².